The number of nitrogen functional groups attached to an aromatic ring is 1. The lowest BCUT2D eigenvalue weighted by molar-refractivity contribution is 0.417. The summed E-state index contributed by atoms with van der Waals surface area (Å²) in [5.74, 6) is 0.780. The van der Waals surface area contributed by atoms with Crippen molar-refractivity contribution in [2.45, 2.75) is 6.42 Å². The maximum absolute atomic E-state index is 10.9. The molecule has 0 aliphatic rings. The van der Waals surface area contributed by atoms with Crippen molar-refractivity contribution in [3.8, 4) is 5.75 Å². The van der Waals surface area contributed by atoms with Crippen LogP contribution in [-0.2, 0) is 9.84 Å². The van der Waals surface area contributed by atoms with Crippen LogP contribution in [0.1, 0.15) is 6.42 Å². The Balaban J connectivity index is 2.52. The van der Waals surface area contributed by atoms with E-state index in [0.717, 1.165) is 5.69 Å². The van der Waals surface area contributed by atoms with Crippen LogP contribution in [0.5, 0.6) is 5.75 Å². The zero-order valence-corrected chi connectivity index (χ0v) is 10.9. The van der Waals surface area contributed by atoms with Gasteiger partial charge < -0.3 is 15.8 Å². The van der Waals surface area contributed by atoms with E-state index in [1.807, 2.05) is 12.1 Å². The first-order valence-electron chi connectivity index (χ1n) is 5.28. The lowest BCUT2D eigenvalue weighted by Crippen LogP contribution is -2.10. The highest BCUT2D eigenvalue weighted by Gasteiger charge is 2.05. The summed E-state index contributed by atoms with van der Waals surface area (Å²) < 4.78 is 27.0. The monoisotopic (exact) mass is 258 g/mol. The number of para-hydroxylation sites is 1. The van der Waals surface area contributed by atoms with Crippen molar-refractivity contribution in [3.63, 3.8) is 0 Å². The third kappa shape index (κ3) is 4.52. The number of ether oxygens (including phenoxy) is 1. The van der Waals surface area contributed by atoms with E-state index in [1.165, 1.54) is 6.26 Å². The average Bonchev–Trinajstić information content (AvgIpc) is 2.25. The highest BCUT2D eigenvalue weighted by molar-refractivity contribution is 7.90. The van der Waals surface area contributed by atoms with E-state index in [9.17, 15) is 8.42 Å². The van der Waals surface area contributed by atoms with Gasteiger partial charge in [-0.25, -0.2) is 8.42 Å². The van der Waals surface area contributed by atoms with Gasteiger partial charge in [0.1, 0.15) is 15.6 Å². The third-order valence-electron chi connectivity index (χ3n) is 2.29. The number of methoxy groups -OCH3 is 1. The van der Waals surface area contributed by atoms with Gasteiger partial charge in [0.2, 0.25) is 0 Å². The molecular formula is C11H18N2O3S. The fraction of sp³-hybridized carbons (Fsp3) is 0.455. The van der Waals surface area contributed by atoms with Crippen LogP contribution >= 0.6 is 0 Å². The van der Waals surface area contributed by atoms with E-state index in [2.05, 4.69) is 5.32 Å². The summed E-state index contributed by atoms with van der Waals surface area (Å²) in [5.41, 5.74) is 7.15. The first kappa shape index (κ1) is 13.6. The first-order chi connectivity index (χ1) is 7.94. The van der Waals surface area contributed by atoms with Crippen molar-refractivity contribution in [2.24, 2.45) is 0 Å². The zero-order chi connectivity index (χ0) is 12.9. The minimum atomic E-state index is -2.90. The molecule has 0 aliphatic heterocycles. The Bertz CT molecular complexity index is 472. The molecule has 0 amide bonds. The van der Waals surface area contributed by atoms with Crippen molar-refractivity contribution in [3.05, 3.63) is 18.2 Å². The molecular weight excluding hydrogens is 240 g/mol. The van der Waals surface area contributed by atoms with Crippen molar-refractivity contribution in [2.75, 3.05) is 36.7 Å². The highest BCUT2D eigenvalue weighted by atomic mass is 32.2. The average molecular weight is 258 g/mol. The van der Waals surface area contributed by atoms with Gasteiger partial charge in [-0.2, -0.15) is 0 Å². The predicted molar refractivity (Wildman–Crippen MR) is 70.2 cm³/mol. The molecule has 0 fully saturated rings. The molecule has 17 heavy (non-hydrogen) atoms. The maximum Gasteiger partial charge on any atom is 0.147 e. The molecule has 1 aromatic carbocycles. The summed E-state index contributed by atoms with van der Waals surface area (Å²) >= 11 is 0. The summed E-state index contributed by atoms with van der Waals surface area (Å²) in [4.78, 5) is 0. The van der Waals surface area contributed by atoms with Crippen molar-refractivity contribution < 1.29 is 13.2 Å². The largest absolute Gasteiger partial charge is 0.495 e. The molecule has 0 bridgehead atoms. The van der Waals surface area contributed by atoms with Gasteiger partial charge in [0.05, 0.1) is 24.2 Å². The Morgan fingerprint density at radius 3 is 2.71 bits per heavy atom. The molecule has 0 aromatic heterocycles. The molecule has 0 atom stereocenters. The Morgan fingerprint density at radius 1 is 1.41 bits per heavy atom. The number of hydrogen-bond donors (Lipinski definition) is 2. The van der Waals surface area contributed by atoms with Crippen LogP contribution in [0.2, 0.25) is 0 Å². The number of nitrogens with two attached hydrogens (primary N) is 1. The van der Waals surface area contributed by atoms with Gasteiger partial charge in [0.25, 0.3) is 0 Å². The summed E-state index contributed by atoms with van der Waals surface area (Å²) in [6.45, 7) is 0.560. The standard InChI is InChI=1S/C11H18N2O3S/c1-16-10-6-3-5-9(11(10)12)13-7-4-8-17(2,14)15/h3,5-6,13H,4,7-8,12H2,1-2H3. The van der Waals surface area contributed by atoms with E-state index in [4.69, 9.17) is 10.5 Å². The Hall–Kier alpha value is -1.43. The van der Waals surface area contributed by atoms with Gasteiger partial charge in [-0.3, -0.25) is 0 Å². The van der Waals surface area contributed by atoms with Gasteiger partial charge in [0.15, 0.2) is 0 Å². The second kappa shape index (κ2) is 5.77. The van der Waals surface area contributed by atoms with Crippen LogP contribution in [0.25, 0.3) is 0 Å². The molecule has 0 aliphatic carbocycles. The van der Waals surface area contributed by atoms with Gasteiger partial charge in [-0.05, 0) is 18.6 Å². The minimum Gasteiger partial charge on any atom is -0.495 e. The quantitative estimate of drug-likeness (QED) is 0.590. The number of hydrogen-bond acceptors (Lipinski definition) is 5. The molecule has 1 aromatic rings. The molecule has 0 spiro atoms. The Morgan fingerprint density at radius 2 is 2.12 bits per heavy atom. The molecule has 0 saturated heterocycles. The minimum absolute atomic E-state index is 0.171. The predicted octanol–water partition coefficient (Wildman–Crippen LogP) is 1.12. The topological polar surface area (TPSA) is 81.4 Å². The van der Waals surface area contributed by atoms with Gasteiger partial charge >= 0.3 is 0 Å². The van der Waals surface area contributed by atoms with Crippen molar-refractivity contribution in [1.29, 1.82) is 0 Å². The molecule has 6 heteroatoms. The summed E-state index contributed by atoms with van der Waals surface area (Å²) in [7, 11) is -1.34. The Kier molecular flexibility index (Phi) is 4.62. The molecule has 0 heterocycles. The number of anilines is 2. The first-order valence-corrected chi connectivity index (χ1v) is 7.34. The summed E-state index contributed by atoms with van der Waals surface area (Å²) in [6.07, 6.45) is 1.78. The van der Waals surface area contributed by atoms with E-state index in [-0.39, 0.29) is 5.75 Å². The van der Waals surface area contributed by atoms with Gasteiger partial charge in [-0.15, -0.1) is 0 Å². The fourth-order valence-electron chi connectivity index (χ4n) is 1.43. The molecule has 5 nitrogen and oxygen atoms in total. The van der Waals surface area contributed by atoms with Crippen molar-refractivity contribution >= 4 is 21.2 Å². The third-order valence-corrected chi connectivity index (χ3v) is 3.32. The maximum atomic E-state index is 10.9. The second-order valence-corrected chi connectivity index (χ2v) is 6.09. The fourth-order valence-corrected chi connectivity index (χ4v) is 2.10. The second-order valence-electron chi connectivity index (χ2n) is 3.83. The number of sulfone groups is 1. The summed E-state index contributed by atoms with van der Waals surface area (Å²) in [6, 6.07) is 5.43. The zero-order valence-electron chi connectivity index (χ0n) is 10.1. The van der Waals surface area contributed by atoms with Crippen LogP contribution in [0.4, 0.5) is 11.4 Å². The molecule has 96 valence electrons. The number of nitrogens with one attached hydrogen (secondary N) is 1. The summed E-state index contributed by atoms with van der Waals surface area (Å²) in [5, 5.41) is 3.09. The highest BCUT2D eigenvalue weighted by Crippen LogP contribution is 2.28. The Labute approximate surface area is 102 Å². The molecule has 1 rings (SSSR count). The van der Waals surface area contributed by atoms with Crippen LogP contribution in [0.15, 0.2) is 18.2 Å². The van der Waals surface area contributed by atoms with Gasteiger partial charge in [-0.1, -0.05) is 6.07 Å². The molecule has 3 N–H and O–H groups in total. The lowest BCUT2D eigenvalue weighted by atomic mass is 10.2. The van der Waals surface area contributed by atoms with Gasteiger partial charge in [0, 0.05) is 12.8 Å². The number of benzene rings is 1. The van der Waals surface area contributed by atoms with Crippen molar-refractivity contribution in [1.82, 2.24) is 0 Å². The SMILES string of the molecule is COc1cccc(NCCCS(C)(=O)=O)c1N. The van der Waals surface area contributed by atoms with Crippen LogP contribution in [-0.4, -0.2) is 34.1 Å². The van der Waals surface area contributed by atoms with Crippen LogP contribution < -0.4 is 15.8 Å². The molecule has 0 radical (unpaired) electrons. The lowest BCUT2D eigenvalue weighted by Gasteiger charge is -2.11. The number of rotatable bonds is 6. The van der Waals surface area contributed by atoms with E-state index < -0.39 is 9.84 Å². The van der Waals surface area contributed by atoms with Crippen LogP contribution in [0.3, 0.4) is 0 Å². The van der Waals surface area contributed by atoms with E-state index in [0.29, 0.717) is 24.4 Å². The van der Waals surface area contributed by atoms with E-state index >= 15 is 0 Å². The molecule has 0 saturated carbocycles. The smallest absolute Gasteiger partial charge is 0.147 e. The normalized spacial score (nSPS) is 11.2. The molecule has 0 unspecified atom stereocenters. The van der Waals surface area contributed by atoms with Crippen LogP contribution in [0, 0.1) is 0 Å². The van der Waals surface area contributed by atoms with E-state index in [1.54, 1.807) is 13.2 Å².